The maximum absolute atomic E-state index is 12.3. The molecular formula is C14H22N4O3S. The van der Waals surface area contributed by atoms with Crippen LogP contribution in [0.3, 0.4) is 0 Å². The molecule has 1 N–H and O–H groups in total. The number of nitrogens with zero attached hydrogens (tertiary/aromatic N) is 3. The fourth-order valence-electron chi connectivity index (χ4n) is 3.15. The lowest BCUT2D eigenvalue weighted by Crippen LogP contribution is -2.49. The second kappa shape index (κ2) is 6.00. The van der Waals surface area contributed by atoms with Gasteiger partial charge in [0.25, 0.3) is 5.56 Å². The smallest absolute Gasteiger partial charge is 0.255 e. The van der Waals surface area contributed by atoms with Crippen LogP contribution in [0.4, 0.5) is 5.95 Å². The van der Waals surface area contributed by atoms with Crippen molar-refractivity contribution >= 4 is 16.0 Å². The van der Waals surface area contributed by atoms with E-state index in [1.165, 1.54) is 10.6 Å². The predicted molar refractivity (Wildman–Crippen MR) is 84.7 cm³/mol. The number of rotatable bonds is 2. The van der Waals surface area contributed by atoms with Crippen LogP contribution in [-0.2, 0) is 22.9 Å². The number of nitrogens with one attached hydrogen (secondary N) is 1. The summed E-state index contributed by atoms with van der Waals surface area (Å²) in [6.45, 7) is 1.96. The zero-order valence-corrected chi connectivity index (χ0v) is 13.7. The van der Waals surface area contributed by atoms with Gasteiger partial charge in [0.1, 0.15) is 0 Å². The van der Waals surface area contributed by atoms with E-state index in [1.54, 1.807) is 0 Å². The molecule has 1 aliphatic heterocycles. The number of piperazine rings is 1. The van der Waals surface area contributed by atoms with Crippen molar-refractivity contribution in [2.75, 3.05) is 37.3 Å². The molecule has 1 saturated heterocycles. The number of sulfonamides is 1. The molecule has 1 aliphatic carbocycles. The van der Waals surface area contributed by atoms with E-state index < -0.39 is 10.0 Å². The van der Waals surface area contributed by atoms with Gasteiger partial charge in [-0.3, -0.25) is 9.78 Å². The van der Waals surface area contributed by atoms with Crippen molar-refractivity contribution in [3.8, 4) is 0 Å². The Morgan fingerprint density at radius 3 is 2.41 bits per heavy atom. The van der Waals surface area contributed by atoms with Crippen molar-refractivity contribution in [3.63, 3.8) is 0 Å². The fourth-order valence-corrected chi connectivity index (χ4v) is 3.97. The number of aromatic amines is 1. The maximum atomic E-state index is 12.3. The van der Waals surface area contributed by atoms with E-state index in [2.05, 4.69) is 9.97 Å². The highest BCUT2D eigenvalue weighted by molar-refractivity contribution is 7.88. The monoisotopic (exact) mass is 326 g/mol. The number of aryl methyl sites for hydroxylation is 1. The lowest BCUT2D eigenvalue weighted by Gasteiger charge is -2.33. The Labute approximate surface area is 130 Å². The normalized spacial score (nSPS) is 20.5. The van der Waals surface area contributed by atoms with Gasteiger partial charge >= 0.3 is 0 Å². The zero-order valence-electron chi connectivity index (χ0n) is 12.8. The SMILES string of the molecule is CS(=O)(=O)N1CCN(c2nc3c(c(=O)[nH]2)CCCCC3)CC1. The molecule has 122 valence electrons. The van der Waals surface area contributed by atoms with E-state index >= 15 is 0 Å². The van der Waals surface area contributed by atoms with Gasteiger partial charge in [0.2, 0.25) is 16.0 Å². The van der Waals surface area contributed by atoms with Gasteiger partial charge < -0.3 is 4.90 Å². The molecule has 1 aromatic rings. The van der Waals surface area contributed by atoms with Gasteiger partial charge in [-0.25, -0.2) is 13.4 Å². The number of aromatic nitrogens is 2. The molecule has 1 fully saturated rings. The molecule has 0 spiro atoms. The molecule has 2 aliphatic rings. The molecule has 0 atom stereocenters. The summed E-state index contributed by atoms with van der Waals surface area (Å²) < 4.78 is 24.6. The lowest BCUT2D eigenvalue weighted by molar-refractivity contribution is 0.385. The Hall–Kier alpha value is -1.41. The van der Waals surface area contributed by atoms with E-state index in [1.807, 2.05) is 4.90 Å². The molecule has 0 saturated carbocycles. The Balaban J connectivity index is 1.81. The van der Waals surface area contributed by atoms with Gasteiger partial charge in [0.15, 0.2) is 0 Å². The third kappa shape index (κ3) is 3.17. The van der Waals surface area contributed by atoms with Crippen molar-refractivity contribution in [2.24, 2.45) is 0 Å². The van der Waals surface area contributed by atoms with Gasteiger partial charge in [0.05, 0.1) is 11.9 Å². The molecule has 3 rings (SSSR count). The van der Waals surface area contributed by atoms with E-state index in [0.717, 1.165) is 43.4 Å². The van der Waals surface area contributed by atoms with Crippen LogP contribution in [0.5, 0.6) is 0 Å². The quantitative estimate of drug-likeness (QED) is 0.780. The van der Waals surface area contributed by atoms with Crippen LogP contribution in [0.2, 0.25) is 0 Å². The highest BCUT2D eigenvalue weighted by Crippen LogP contribution is 2.19. The fraction of sp³-hybridized carbons (Fsp3) is 0.714. The van der Waals surface area contributed by atoms with E-state index in [4.69, 9.17) is 0 Å². The third-order valence-electron chi connectivity index (χ3n) is 4.44. The molecular weight excluding hydrogens is 304 g/mol. The van der Waals surface area contributed by atoms with Crippen LogP contribution in [0.25, 0.3) is 0 Å². The average Bonchev–Trinajstić information content (AvgIpc) is 2.72. The number of anilines is 1. The molecule has 2 heterocycles. The van der Waals surface area contributed by atoms with Crippen LogP contribution in [-0.4, -0.2) is 55.1 Å². The first-order valence-corrected chi connectivity index (χ1v) is 9.62. The Morgan fingerprint density at radius 2 is 1.73 bits per heavy atom. The van der Waals surface area contributed by atoms with Crippen LogP contribution < -0.4 is 10.5 Å². The summed E-state index contributed by atoms with van der Waals surface area (Å²) in [5.41, 5.74) is 1.71. The summed E-state index contributed by atoms with van der Waals surface area (Å²) in [7, 11) is -3.14. The Bertz CT molecular complexity index is 705. The molecule has 0 amide bonds. The number of hydrogen-bond donors (Lipinski definition) is 1. The first kappa shape index (κ1) is 15.5. The van der Waals surface area contributed by atoms with Crippen LogP contribution in [0.15, 0.2) is 4.79 Å². The molecule has 1 aromatic heterocycles. The predicted octanol–water partition coefficient (Wildman–Crippen LogP) is 0.120. The van der Waals surface area contributed by atoms with Gasteiger partial charge in [-0.1, -0.05) is 6.42 Å². The average molecular weight is 326 g/mol. The summed E-state index contributed by atoms with van der Waals surface area (Å²) >= 11 is 0. The maximum Gasteiger partial charge on any atom is 0.255 e. The highest BCUT2D eigenvalue weighted by Gasteiger charge is 2.25. The standard InChI is InChI=1S/C14H22N4O3S/c1-22(20,21)18-9-7-17(8-10-18)14-15-12-6-4-2-3-5-11(12)13(19)16-14/h2-10H2,1H3,(H,15,16,19). The topological polar surface area (TPSA) is 86.4 Å². The first-order chi connectivity index (χ1) is 10.4. The second-order valence-corrected chi connectivity index (χ2v) is 8.01. The van der Waals surface area contributed by atoms with Crippen molar-refractivity contribution in [3.05, 3.63) is 21.6 Å². The molecule has 0 radical (unpaired) electrons. The third-order valence-corrected chi connectivity index (χ3v) is 5.74. The van der Waals surface area contributed by atoms with Crippen molar-refractivity contribution < 1.29 is 8.42 Å². The minimum Gasteiger partial charge on any atom is -0.340 e. The Kier molecular flexibility index (Phi) is 4.22. The summed E-state index contributed by atoms with van der Waals surface area (Å²) in [6.07, 6.45) is 6.15. The van der Waals surface area contributed by atoms with Gasteiger partial charge in [-0.15, -0.1) is 0 Å². The van der Waals surface area contributed by atoms with E-state index in [0.29, 0.717) is 32.1 Å². The lowest BCUT2D eigenvalue weighted by atomic mass is 10.1. The minimum atomic E-state index is -3.14. The van der Waals surface area contributed by atoms with Crippen molar-refractivity contribution in [1.29, 1.82) is 0 Å². The summed E-state index contributed by atoms with van der Waals surface area (Å²) in [4.78, 5) is 21.8. The highest BCUT2D eigenvalue weighted by atomic mass is 32.2. The summed E-state index contributed by atoms with van der Waals surface area (Å²) in [5, 5.41) is 0. The van der Waals surface area contributed by atoms with Crippen LogP contribution in [0.1, 0.15) is 30.5 Å². The summed E-state index contributed by atoms with van der Waals surface area (Å²) in [5.74, 6) is 0.582. The number of hydrogen-bond acceptors (Lipinski definition) is 5. The minimum absolute atomic E-state index is 0.0348. The number of H-pyrrole nitrogens is 1. The van der Waals surface area contributed by atoms with E-state index in [9.17, 15) is 13.2 Å². The molecule has 0 aromatic carbocycles. The molecule has 0 unspecified atom stereocenters. The molecule has 0 bridgehead atoms. The van der Waals surface area contributed by atoms with Crippen LogP contribution >= 0.6 is 0 Å². The van der Waals surface area contributed by atoms with Crippen LogP contribution in [0, 0.1) is 0 Å². The molecule has 8 heteroatoms. The molecule has 22 heavy (non-hydrogen) atoms. The number of fused-ring (bicyclic) bond motifs is 1. The Morgan fingerprint density at radius 1 is 1.05 bits per heavy atom. The van der Waals surface area contributed by atoms with Gasteiger partial charge in [-0.05, 0) is 25.7 Å². The van der Waals surface area contributed by atoms with E-state index in [-0.39, 0.29) is 5.56 Å². The second-order valence-electron chi connectivity index (χ2n) is 6.02. The molecule has 7 nitrogen and oxygen atoms in total. The largest absolute Gasteiger partial charge is 0.340 e. The van der Waals surface area contributed by atoms with Crippen molar-refractivity contribution in [2.45, 2.75) is 32.1 Å². The van der Waals surface area contributed by atoms with Gasteiger partial charge in [-0.2, -0.15) is 4.31 Å². The van der Waals surface area contributed by atoms with Gasteiger partial charge in [0, 0.05) is 31.7 Å². The zero-order chi connectivity index (χ0) is 15.7. The summed E-state index contributed by atoms with van der Waals surface area (Å²) in [6, 6.07) is 0. The first-order valence-electron chi connectivity index (χ1n) is 7.77. The van der Waals surface area contributed by atoms with Crippen molar-refractivity contribution in [1.82, 2.24) is 14.3 Å².